The van der Waals surface area contributed by atoms with Gasteiger partial charge in [0.05, 0.1) is 5.69 Å². The summed E-state index contributed by atoms with van der Waals surface area (Å²) in [5.74, 6) is -5.04. The van der Waals surface area contributed by atoms with E-state index in [2.05, 4.69) is 20.6 Å². The Morgan fingerprint density at radius 2 is 1.81 bits per heavy atom. The molecule has 1 heterocycles. The molecular formula is C19H15F3N4O. The molecule has 3 aromatic rings. The first-order valence-electron chi connectivity index (χ1n) is 8.02. The maximum absolute atomic E-state index is 13.7. The molecule has 1 aromatic heterocycles. The van der Waals surface area contributed by atoms with Crippen molar-refractivity contribution in [3.8, 4) is 0 Å². The highest BCUT2D eigenvalue weighted by Gasteiger charge is 2.17. The molecule has 27 heavy (non-hydrogen) atoms. The van der Waals surface area contributed by atoms with E-state index in [4.69, 9.17) is 0 Å². The Morgan fingerprint density at radius 3 is 2.59 bits per heavy atom. The highest BCUT2D eigenvalue weighted by molar-refractivity contribution is 6.03. The maximum atomic E-state index is 13.7. The lowest BCUT2D eigenvalue weighted by atomic mass is 10.1. The molecule has 0 aliphatic rings. The second kappa shape index (κ2) is 7.86. The lowest BCUT2D eigenvalue weighted by Crippen LogP contribution is -2.16. The molecule has 0 atom stereocenters. The van der Waals surface area contributed by atoms with Crippen molar-refractivity contribution in [3.63, 3.8) is 0 Å². The fourth-order valence-corrected chi connectivity index (χ4v) is 2.36. The number of halogens is 3. The van der Waals surface area contributed by atoms with Gasteiger partial charge in [0, 0.05) is 12.7 Å². The number of aryl methyl sites for hydroxylation is 1. The summed E-state index contributed by atoms with van der Waals surface area (Å²) in [7, 11) is 0. The van der Waals surface area contributed by atoms with Crippen molar-refractivity contribution >= 4 is 17.5 Å². The monoisotopic (exact) mass is 372 g/mol. The van der Waals surface area contributed by atoms with Crippen LogP contribution in [0.4, 0.5) is 24.8 Å². The van der Waals surface area contributed by atoms with Crippen LogP contribution in [0.15, 0.2) is 48.7 Å². The minimum absolute atomic E-state index is 0.0542. The summed E-state index contributed by atoms with van der Waals surface area (Å²) in [6.45, 7) is 2.42. The lowest BCUT2D eigenvalue weighted by molar-refractivity contribution is 0.102. The van der Waals surface area contributed by atoms with Gasteiger partial charge in [-0.05, 0) is 36.2 Å². The molecule has 0 radical (unpaired) electrons. The van der Waals surface area contributed by atoms with Crippen LogP contribution < -0.4 is 10.6 Å². The molecule has 0 aliphatic carbocycles. The zero-order chi connectivity index (χ0) is 19.4. The number of rotatable bonds is 5. The van der Waals surface area contributed by atoms with Crippen LogP contribution >= 0.6 is 0 Å². The largest absolute Gasteiger partial charge is 0.350 e. The SMILES string of the molecule is Cc1ccccc1CNc1nccc(C(=O)Nc2ccc(F)c(F)c2F)n1. The number of carbonyl (C=O) groups excluding carboxylic acids is 1. The van der Waals surface area contributed by atoms with Gasteiger partial charge in [0.1, 0.15) is 5.69 Å². The van der Waals surface area contributed by atoms with Crippen molar-refractivity contribution in [1.82, 2.24) is 9.97 Å². The fourth-order valence-electron chi connectivity index (χ4n) is 2.36. The highest BCUT2D eigenvalue weighted by atomic mass is 19.2. The van der Waals surface area contributed by atoms with Gasteiger partial charge in [-0.2, -0.15) is 0 Å². The van der Waals surface area contributed by atoms with Crippen LogP contribution in [-0.2, 0) is 6.54 Å². The van der Waals surface area contributed by atoms with E-state index in [1.165, 1.54) is 12.3 Å². The van der Waals surface area contributed by atoms with Crippen molar-refractivity contribution in [3.05, 3.63) is 82.9 Å². The average Bonchev–Trinajstić information content (AvgIpc) is 2.68. The van der Waals surface area contributed by atoms with E-state index in [9.17, 15) is 18.0 Å². The summed E-state index contributed by atoms with van der Waals surface area (Å²) in [5, 5.41) is 5.17. The number of amides is 1. The number of anilines is 2. The van der Waals surface area contributed by atoms with Gasteiger partial charge in [0.25, 0.3) is 5.91 Å². The molecule has 5 nitrogen and oxygen atoms in total. The van der Waals surface area contributed by atoms with Crippen LogP contribution in [0.5, 0.6) is 0 Å². The number of nitrogens with zero attached hydrogens (tertiary/aromatic N) is 2. The molecule has 0 spiro atoms. The summed E-state index contributed by atoms with van der Waals surface area (Å²) < 4.78 is 39.9. The smallest absolute Gasteiger partial charge is 0.274 e. The Labute approximate surface area is 153 Å². The van der Waals surface area contributed by atoms with E-state index in [0.29, 0.717) is 6.54 Å². The minimum atomic E-state index is -1.66. The molecule has 3 rings (SSSR count). The number of benzene rings is 2. The van der Waals surface area contributed by atoms with Crippen LogP contribution in [-0.4, -0.2) is 15.9 Å². The van der Waals surface area contributed by atoms with Gasteiger partial charge >= 0.3 is 0 Å². The van der Waals surface area contributed by atoms with Crippen molar-refractivity contribution < 1.29 is 18.0 Å². The van der Waals surface area contributed by atoms with Gasteiger partial charge in [-0.3, -0.25) is 4.79 Å². The predicted octanol–water partition coefficient (Wildman–Crippen LogP) is 4.07. The number of aromatic nitrogens is 2. The molecule has 0 fully saturated rings. The number of hydrogen-bond donors (Lipinski definition) is 2. The first-order chi connectivity index (χ1) is 13.0. The normalized spacial score (nSPS) is 10.5. The molecule has 2 N–H and O–H groups in total. The predicted molar refractivity (Wildman–Crippen MR) is 94.8 cm³/mol. The number of nitrogens with one attached hydrogen (secondary N) is 2. The Morgan fingerprint density at radius 1 is 1.04 bits per heavy atom. The Kier molecular flexibility index (Phi) is 5.35. The van der Waals surface area contributed by atoms with Crippen molar-refractivity contribution in [2.45, 2.75) is 13.5 Å². The molecule has 0 bridgehead atoms. The first kappa shape index (κ1) is 18.4. The quantitative estimate of drug-likeness (QED) is 0.663. The van der Waals surface area contributed by atoms with Gasteiger partial charge < -0.3 is 10.6 Å². The van der Waals surface area contributed by atoms with Crippen LogP contribution in [0, 0.1) is 24.4 Å². The van der Waals surface area contributed by atoms with Crippen LogP contribution in [0.3, 0.4) is 0 Å². The summed E-state index contributed by atoms with van der Waals surface area (Å²) >= 11 is 0. The molecule has 2 aromatic carbocycles. The Balaban J connectivity index is 1.72. The van der Waals surface area contributed by atoms with E-state index in [0.717, 1.165) is 23.3 Å². The van der Waals surface area contributed by atoms with Gasteiger partial charge in [-0.1, -0.05) is 24.3 Å². The zero-order valence-electron chi connectivity index (χ0n) is 14.3. The van der Waals surface area contributed by atoms with Gasteiger partial charge in [-0.25, -0.2) is 23.1 Å². The van der Waals surface area contributed by atoms with E-state index in [-0.39, 0.29) is 11.6 Å². The van der Waals surface area contributed by atoms with Crippen molar-refractivity contribution in [1.29, 1.82) is 0 Å². The molecule has 138 valence electrons. The standard InChI is InChI=1S/C19H15F3N4O/c1-11-4-2-3-5-12(11)10-24-19-23-9-8-15(26-19)18(27)25-14-7-6-13(20)16(21)17(14)22/h2-9H,10H2,1H3,(H,25,27)(H,23,24,26). The number of carbonyl (C=O) groups is 1. The third-order valence-electron chi connectivity index (χ3n) is 3.87. The second-order valence-corrected chi connectivity index (χ2v) is 5.72. The molecule has 8 heteroatoms. The third-order valence-corrected chi connectivity index (χ3v) is 3.87. The summed E-state index contributed by atoms with van der Waals surface area (Å²) in [6.07, 6.45) is 1.36. The number of hydrogen-bond acceptors (Lipinski definition) is 4. The molecule has 0 saturated heterocycles. The van der Waals surface area contributed by atoms with E-state index in [1.807, 2.05) is 31.2 Å². The molecule has 1 amide bonds. The zero-order valence-corrected chi connectivity index (χ0v) is 14.3. The van der Waals surface area contributed by atoms with Crippen LogP contribution in [0.25, 0.3) is 0 Å². The summed E-state index contributed by atoms with van der Waals surface area (Å²) in [4.78, 5) is 20.3. The molecule has 0 saturated carbocycles. The third kappa shape index (κ3) is 4.22. The average molecular weight is 372 g/mol. The van der Waals surface area contributed by atoms with E-state index in [1.54, 1.807) is 0 Å². The fraction of sp³-hybridized carbons (Fsp3) is 0.105. The van der Waals surface area contributed by atoms with Gasteiger partial charge in [0.15, 0.2) is 17.5 Å². The van der Waals surface area contributed by atoms with E-state index >= 15 is 0 Å². The van der Waals surface area contributed by atoms with Crippen LogP contribution in [0.1, 0.15) is 21.6 Å². The molecular weight excluding hydrogens is 357 g/mol. The topological polar surface area (TPSA) is 66.9 Å². The minimum Gasteiger partial charge on any atom is -0.350 e. The first-order valence-corrected chi connectivity index (χ1v) is 8.02. The summed E-state index contributed by atoms with van der Waals surface area (Å²) in [5.41, 5.74) is 1.60. The summed E-state index contributed by atoms with van der Waals surface area (Å²) in [6, 6.07) is 10.7. The van der Waals surface area contributed by atoms with Crippen molar-refractivity contribution in [2.75, 3.05) is 10.6 Å². The lowest BCUT2D eigenvalue weighted by Gasteiger charge is -2.09. The van der Waals surface area contributed by atoms with Gasteiger partial charge in [-0.15, -0.1) is 0 Å². The maximum Gasteiger partial charge on any atom is 0.274 e. The highest BCUT2D eigenvalue weighted by Crippen LogP contribution is 2.20. The van der Waals surface area contributed by atoms with Crippen molar-refractivity contribution in [2.24, 2.45) is 0 Å². The second-order valence-electron chi connectivity index (χ2n) is 5.72. The Hall–Kier alpha value is -3.42. The molecule has 0 unspecified atom stereocenters. The molecule has 0 aliphatic heterocycles. The van der Waals surface area contributed by atoms with Gasteiger partial charge in [0.2, 0.25) is 5.95 Å². The van der Waals surface area contributed by atoms with Crippen LogP contribution in [0.2, 0.25) is 0 Å². The van der Waals surface area contributed by atoms with E-state index < -0.39 is 29.0 Å². The Bertz CT molecular complexity index is 994.